The predicted octanol–water partition coefficient (Wildman–Crippen LogP) is 2.64. The lowest BCUT2D eigenvalue weighted by atomic mass is 9.79. The minimum Gasteiger partial charge on any atom is -0.469 e. The van der Waals surface area contributed by atoms with Crippen molar-refractivity contribution in [2.75, 3.05) is 19.0 Å². The van der Waals surface area contributed by atoms with Gasteiger partial charge in [-0.2, -0.15) is 0 Å². The normalized spacial score (nSPS) is 19.5. The quantitative estimate of drug-likeness (QED) is 0.729. The number of anilines is 1. The Labute approximate surface area is 152 Å². The molecule has 2 atom stereocenters. The summed E-state index contributed by atoms with van der Waals surface area (Å²) in [6, 6.07) is 5.43. The van der Waals surface area contributed by atoms with E-state index in [2.05, 4.69) is 10.6 Å². The number of ether oxygens (including phenoxy) is 1. The first-order chi connectivity index (χ1) is 12.5. The fraction of sp³-hybridized carbons (Fsp3) is 0.526. The molecule has 2 rings (SSSR count). The fourth-order valence-corrected chi connectivity index (χ4v) is 3.23. The van der Waals surface area contributed by atoms with Crippen LogP contribution in [0.5, 0.6) is 0 Å². The number of methoxy groups -OCH3 is 1. The van der Waals surface area contributed by atoms with Crippen LogP contribution >= 0.6 is 0 Å². The van der Waals surface area contributed by atoms with Crippen molar-refractivity contribution in [3.05, 3.63) is 30.1 Å². The van der Waals surface area contributed by atoms with E-state index in [1.54, 1.807) is 0 Å². The molecule has 1 aliphatic carbocycles. The van der Waals surface area contributed by atoms with Crippen LogP contribution in [-0.2, 0) is 19.1 Å². The largest absolute Gasteiger partial charge is 0.469 e. The van der Waals surface area contributed by atoms with Gasteiger partial charge in [-0.1, -0.05) is 12.8 Å². The molecule has 0 radical (unpaired) electrons. The van der Waals surface area contributed by atoms with Crippen LogP contribution < -0.4 is 10.6 Å². The van der Waals surface area contributed by atoms with Crippen molar-refractivity contribution < 1.29 is 23.5 Å². The maximum absolute atomic E-state index is 12.8. The topological polar surface area (TPSA) is 84.5 Å². The molecule has 0 heterocycles. The Bertz CT molecular complexity index is 633. The highest BCUT2D eigenvalue weighted by atomic mass is 19.1. The Kier molecular flexibility index (Phi) is 7.56. The number of hydrogen-bond donors (Lipinski definition) is 2. The molecule has 0 aromatic heterocycles. The zero-order valence-corrected chi connectivity index (χ0v) is 14.9. The number of rotatable bonds is 7. The summed E-state index contributed by atoms with van der Waals surface area (Å²) >= 11 is 0. The van der Waals surface area contributed by atoms with Gasteiger partial charge in [0.25, 0.3) is 0 Å². The average Bonchev–Trinajstić information content (AvgIpc) is 2.66. The van der Waals surface area contributed by atoms with Crippen molar-refractivity contribution in [1.82, 2.24) is 5.32 Å². The smallest absolute Gasteiger partial charge is 0.309 e. The Hall–Kier alpha value is -2.44. The van der Waals surface area contributed by atoms with Gasteiger partial charge in [0.05, 0.1) is 13.0 Å². The second kappa shape index (κ2) is 9.89. The fourth-order valence-electron chi connectivity index (χ4n) is 3.23. The van der Waals surface area contributed by atoms with Gasteiger partial charge < -0.3 is 15.4 Å². The summed E-state index contributed by atoms with van der Waals surface area (Å²) in [6.07, 6.45) is 3.79. The van der Waals surface area contributed by atoms with Gasteiger partial charge in [0.1, 0.15) is 5.82 Å². The summed E-state index contributed by atoms with van der Waals surface area (Å²) < 4.78 is 17.7. The molecule has 1 saturated carbocycles. The summed E-state index contributed by atoms with van der Waals surface area (Å²) in [5.41, 5.74) is 0.486. The molecule has 1 aromatic rings. The molecule has 1 aromatic carbocycles. The first-order valence-electron chi connectivity index (χ1n) is 8.89. The van der Waals surface area contributed by atoms with Gasteiger partial charge in [0, 0.05) is 25.1 Å². The van der Waals surface area contributed by atoms with E-state index in [1.165, 1.54) is 31.4 Å². The van der Waals surface area contributed by atoms with Crippen molar-refractivity contribution >= 4 is 23.5 Å². The first kappa shape index (κ1) is 19.9. The van der Waals surface area contributed by atoms with Gasteiger partial charge in [0.15, 0.2) is 0 Å². The zero-order valence-electron chi connectivity index (χ0n) is 14.9. The van der Waals surface area contributed by atoms with Crippen molar-refractivity contribution in [3.63, 3.8) is 0 Å². The number of amides is 2. The molecule has 2 unspecified atom stereocenters. The molecule has 2 amide bonds. The van der Waals surface area contributed by atoms with Gasteiger partial charge in [-0.05, 0) is 43.0 Å². The highest BCUT2D eigenvalue weighted by Crippen LogP contribution is 2.30. The number of nitrogens with one attached hydrogen (secondary N) is 2. The van der Waals surface area contributed by atoms with Crippen LogP contribution in [0.3, 0.4) is 0 Å². The van der Waals surface area contributed by atoms with Gasteiger partial charge in [-0.15, -0.1) is 0 Å². The van der Waals surface area contributed by atoms with E-state index in [1.807, 2.05) is 0 Å². The summed E-state index contributed by atoms with van der Waals surface area (Å²) in [5.74, 6) is -1.23. The van der Waals surface area contributed by atoms with E-state index >= 15 is 0 Å². The van der Waals surface area contributed by atoms with E-state index < -0.39 is 0 Å². The molecule has 2 N–H and O–H groups in total. The molecular weight excluding hydrogens is 339 g/mol. The van der Waals surface area contributed by atoms with Crippen molar-refractivity contribution in [3.8, 4) is 0 Å². The molecule has 142 valence electrons. The molecule has 0 bridgehead atoms. The summed E-state index contributed by atoms with van der Waals surface area (Å²) in [7, 11) is 1.38. The van der Waals surface area contributed by atoms with E-state index in [0.29, 0.717) is 12.2 Å². The number of halogens is 1. The molecular formula is C19H25FN2O4. The minimum absolute atomic E-state index is 0.0360. The molecule has 0 spiro atoms. The SMILES string of the molecule is COC(=O)C1CCCCC1CNC(=O)CCC(=O)Nc1ccc(F)cc1. The summed E-state index contributed by atoms with van der Waals surface area (Å²) in [6.45, 7) is 0.415. The number of benzene rings is 1. The lowest BCUT2D eigenvalue weighted by Gasteiger charge is -2.29. The third kappa shape index (κ3) is 6.13. The van der Waals surface area contributed by atoms with Crippen LogP contribution in [0.4, 0.5) is 10.1 Å². The standard InChI is InChI=1S/C19H25FN2O4/c1-26-19(25)16-5-3-2-4-13(16)12-21-17(23)10-11-18(24)22-15-8-6-14(20)7-9-15/h6-9,13,16H,2-5,10-12H2,1H3,(H,21,23)(H,22,24). The highest BCUT2D eigenvalue weighted by Gasteiger charge is 2.31. The molecule has 1 aliphatic rings. The average molecular weight is 364 g/mol. The molecule has 7 heteroatoms. The van der Waals surface area contributed by atoms with Crippen LogP contribution in [0.1, 0.15) is 38.5 Å². The predicted molar refractivity (Wildman–Crippen MR) is 94.7 cm³/mol. The third-order valence-electron chi connectivity index (χ3n) is 4.68. The third-order valence-corrected chi connectivity index (χ3v) is 4.68. The van der Waals surface area contributed by atoms with Crippen molar-refractivity contribution in [2.24, 2.45) is 11.8 Å². The van der Waals surface area contributed by atoms with Crippen LogP contribution in [0.15, 0.2) is 24.3 Å². The number of hydrogen-bond acceptors (Lipinski definition) is 4. The maximum Gasteiger partial charge on any atom is 0.309 e. The summed E-state index contributed by atoms with van der Waals surface area (Å²) in [5, 5.41) is 5.42. The molecule has 0 aliphatic heterocycles. The lowest BCUT2D eigenvalue weighted by Crippen LogP contribution is -2.37. The van der Waals surface area contributed by atoms with E-state index in [0.717, 1.165) is 25.7 Å². The second-order valence-electron chi connectivity index (χ2n) is 6.53. The Balaban J connectivity index is 1.71. The zero-order chi connectivity index (χ0) is 18.9. The highest BCUT2D eigenvalue weighted by molar-refractivity contribution is 5.93. The molecule has 1 fully saturated rings. The van der Waals surface area contributed by atoms with Crippen molar-refractivity contribution in [2.45, 2.75) is 38.5 Å². The van der Waals surface area contributed by atoms with Gasteiger partial charge in [-0.25, -0.2) is 4.39 Å². The van der Waals surface area contributed by atoms with Crippen LogP contribution in [0.25, 0.3) is 0 Å². The first-order valence-corrected chi connectivity index (χ1v) is 8.89. The minimum atomic E-state index is -0.379. The number of carbonyl (C=O) groups excluding carboxylic acids is 3. The Morgan fingerprint density at radius 2 is 1.73 bits per heavy atom. The van der Waals surface area contributed by atoms with Gasteiger partial charge in [0.2, 0.25) is 11.8 Å². The lowest BCUT2D eigenvalue weighted by molar-refractivity contribution is -0.148. The van der Waals surface area contributed by atoms with E-state index in [-0.39, 0.29) is 48.3 Å². The number of esters is 1. The van der Waals surface area contributed by atoms with Crippen molar-refractivity contribution in [1.29, 1.82) is 0 Å². The Morgan fingerprint density at radius 1 is 1.08 bits per heavy atom. The monoisotopic (exact) mass is 364 g/mol. The summed E-state index contributed by atoms with van der Waals surface area (Å²) in [4.78, 5) is 35.6. The molecule has 6 nitrogen and oxygen atoms in total. The van der Waals surface area contributed by atoms with Crippen LogP contribution in [-0.4, -0.2) is 31.4 Å². The maximum atomic E-state index is 12.8. The molecule has 0 saturated heterocycles. The second-order valence-corrected chi connectivity index (χ2v) is 6.53. The molecule has 26 heavy (non-hydrogen) atoms. The van der Waals surface area contributed by atoms with E-state index in [4.69, 9.17) is 4.74 Å². The van der Waals surface area contributed by atoms with E-state index in [9.17, 15) is 18.8 Å². The Morgan fingerprint density at radius 3 is 2.42 bits per heavy atom. The number of carbonyl (C=O) groups is 3. The van der Waals surface area contributed by atoms with Crippen LogP contribution in [0.2, 0.25) is 0 Å². The van der Waals surface area contributed by atoms with Crippen LogP contribution in [0, 0.1) is 17.7 Å². The van der Waals surface area contributed by atoms with Gasteiger partial charge in [-0.3, -0.25) is 14.4 Å². The van der Waals surface area contributed by atoms with Gasteiger partial charge >= 0.3 is 5.97 Å².